The Kier molecular flexibility index (Phi) is 6.57. The van der Waals surface area contributed by atoms with E-state index in [1.807, 2.05) is 0 Å². The molecule has 0 spiro atoms. The van der Waals surface area contributed by atoms with Crippen LogP contribution in [-0.2, 0) is 16.0 Å². The first-order valence-electron chi connectivity index (χ1n) is 8.23. The average molecular weight is 390 g/mol. The molecular weight excluding hydrogens is 368 g/mol. The van der Waals surface area contributed by atoms with Crippen molar-refractivity contribution in [2.45, 2.75) is 32.9 Å². The molecule has 2 N–H and O–H groups in total. The predicted molar refractivity (Wildman–Crippen MR) is 103 cm³/mol. The summed E-state index contributed by atoms with van der Waals surface area (Å²) in [6.07, 6.45) is -0.497. The van der Waals surface area contributed by atoms with Crippen LogP contribution in [0.15, 0.2) is 36.4 Å². The number of carbonyl (C=O) groups is 3. The van der Waals surface area contributed by atoms with E-state index in [2.05, 4.69) is 15.4 Å². The van der Waals surface area contributed by atoms with Gasteiger partial charge in [-0.2, -0.15) is 0 Å². The van der Waals surface area contributed by atoms with Crippen molar-refractivity contribution in [2.75, 3.05) is 12.4 Å². The maximum Gasteiger partial charge on any atom is 0.407 e. The number of anilines is 1. The van der Waals surface area contributed by atoms with Crippen LogP contribution in [0.1, 0.15) is 46.4 Å². The summed E-state index contributed by atoms with van der Waals surface area (Å²) in [5.74, 6) is -0.734. The van der Waals surface area contributed by atoms with Gasteiger partial charge in [0, 0.05) is 12.1 Å². The lowest BCUT2D eigenvalue weighted by Crippen LogP contribution is -2.32. The molecule has 0 unspecified atom stereocenters. The second-order valence-electron chi connectivity index (χ2n) is 6.66. The molecule has 0 fully saturated rings. The van der Waals surface area contributed by atoms with Gasteiger partial charge in [-0.05, 0) is 50.6 Å². The van der Waals surface area contributed by atoms with Gasteiger partial charge in [0.2, 0.25) is 0 Å². The number of hydrogen-bond donors (Lipinski definition) is 2. The Morgan fingerprint density at radius 1 is 1.04 bits per heavy atom. The van der Waals surface area contributed by atoms with Crippen LogP contribution in [-0.4, -0.2) is 30.7 Å². The smallest absolute Gasteiger partial charge is 0.407 e. The van der Waals surface area contributed by atoms with Gasteiger partial charge < -0.3 is 20.1 Å². The van der Waals surface area contributed by atoms with Crippen LogP contribution in [0.2, 0.25) is 0 Å². The van der Waals surface area contributed by atoms with E-state index in [1.165, 1.54) is 7.11 Å². The minimum atomic E-state index is -0.554. The van der Waals surface area contributed by atoms with Gasteiger partial charge in [-0.25, -0.2) is 9.59 Å². The lowest BCUT2D eigenvalue weighted by molar-refractivity contribution is 0.0522. The summed E-state index contributed by atoms with van der Waals surface area (Å²) in [5.41, 5.74) is 0.743. The van der Waals surface area contributed by atoms with Crippen molar-refractivity contribution in [2.24, 2.45) is 0 Å². The van der Waals surface area contributed by atoms with Crippen LogP contribution in [0.25, 0.3) is 0 Å². The van der Waals surface area contributed by atoms with Gasteiger partial charge in [0.15, 0.2) is 0 Å². The van der Waals surface area contributed by atoms with Crippen molar-refractivity contribution in [3.8, 4) is 0 Å². The zero-order chi connectivity index (χ0) is 20.0. The standard InChI is InChI=1S/C19H22N2O5S/c1-19(2,3)26-18(24)20-11-12-5-7-13(8-6-12)16(22)21-15-10-9-14(27-15)17(23)25-4/h5-10H,11H2,1-4H3,(H,20,24)(H,21,22). The third kappa shape index (κ3) is 6.41. The molecule has 0 aliphatic carbocycles. The summed E-state index contributed by atoms with van der Waals surface area (Å²) in [6.45, 7) is 5.68. The Balaban J connectivity index is 1.90. The highest BCUT2D eigenvalue weighted by Crippen LogP contribution is 2.23. The topological polar surface area (TPSA) is 93.7 Å². The van der Waals surface area contributed by atoms with Crippen LogP contribution < -0.4 is 10.6 Å². The molecule has 2 amide bonds. The number of thiophene rings is 1. The summed E-state index contributed by atoms with van der Waals surface area (Å²) in [6, 6.07) is 10.1. The molecule has 27 heavy (non-hydrogen) atoms. The molecule has 0 atom stereocenters. The first-order chi connectivity index (χ1) is 12.7. The molecule has 8 heteroatoms. The van der Waals surface area contributed by atoms with E-state index >= 15 is 0 Å². The fraction of sp³-hybridized carbons (Fsp3) is 0.316. The number of carbonyl (C=O) groups excluding carboxylic acids is 3. The molecular formula is C19H22N2O5S. The summed E-state index contributed by atoms with van der Waals surface area (Å²) in [7, 11) is 1.31. The second-order valence-corrected chi connectivity index (χ2v) is 7.75. The molecule has 7 nitrogen and oxygen atoms in total. The van der Waals surface area contributed by atoms with Gasteiger partial charge >= 0.3 is 12.1 Å². The lowest BCUT2D eigenvalue weighted by Gasteiger charge is -2.19. The number of benzene rings is 1. The maximum atomic E-state index is 12.3. The summed E-state index contributed by atoms with van der Waals surface area (Å²) in [4.78, 5) is 35.8. The van der Waals surface area contributed by atoms with E-state index in [1.54, 1.807) is 57.2 Å². The number of nitrogens with one attached hydrogen (secondary N) is 2. The fourth-order valence-electron chi connectivity index (χ4n) is 2.06. The molecule has 0 bridgehead atoms. The Labute approximate surface area is 161 Å². The minimum absolute atomic E-state index is 0.292. The summed E-state index contributed by atoms with van der Waals surface area (Å²) >= 11 is 1.14. The van der Waals surface area contributed by atoms with Crippen LogP contribution in [0, 0.1) is 0 Å². The number of hydrogen-bond acceptors (Lipinski definition) is 6. The highest BCUT2D eigenvalue weighted by Gasteiger charge is 2.16. The summed E-state index contributed by atoms with van der Waals surface area (Å²) in [5, 5.41) is 5.95. The second kappa shape index (κ2) is 8.68. The lowest BCUT2D eigenvalue weighted by atomic mass is 10.1. The molecule has 1 heterocycles. The van der Waals surface area contributed by atoms with Crippen molar-refractivity contribution in [1.82, 2.24) is 5.32 Å². The zero-order valence-electron chi connectivity index (χ0n) is 15.6. The molecule has 2 aromatic rings. The number of amides is 2. The Bertz CT molecular complexity index is 821. The summed E-state index contributed by atoms with van der Waals surface area (Å²) < 4.78 is 9.81. The van der Waals surface area contributed by atoms with Gasteiger partial charge in [-0.3, -0.25) is 4.79 Å². The largest absolute Gasteiger partial charge is 0.465 e. The van der Waals surface area contributed by atoms with E-state index in [4.69, 9.17) is 4.74 Å². The monoisotopic (exact) mass is 390 g/mol. The van der Waals surface area contributed by atoms with Crippen LogP contribution in [0.5, 0.6) is 0 Å². The molecule has 0 aliphatic heterocycles. The van der Waals surface area contributed by atoms with E-state index in [-0.39, 0.29) is 5.91 Å². The molecule has 2 rings (SSSR count). The highest BCUT2D eigenvalue weighted by atomic mass is 32.1. The van der Waals surface area contributed by atoms with Gasteiger partial charge in [0.25, 0.3) is 5.91 Å². The molecule has 0 radical (unpaired) electrons. The van der Waals surface area contributed by atoms with Crippen molar-refractivity contribution >= 4 is 34.3 Å². The van der Waals surface area contributed by atoms with E-state index in [0.29, 0.717) is 22.0 Å². The third-order valence-electron chi connectivity index (χ3n) is 3.28. The van der Waals surface area contributed by atoms with Crippen molar-refractivity contribution in [3.63, 3.8) is 0 Å². The van der Waals surface area contributed by atoms with E-state index in [9.17, 15) is 14.4 Å². The van der Waals surface area contributed by atoms with E-state index < -0.39 is 17.7 Å². The number of methoxy groups -OCH3 is 1. The number of ether oxygens (including phenoxy) is 2. The molecule has 0 aliphatic rings. The third-order valence-corrected chi connectivity index (χ3v) is 4.26. The van der Waals surface area contributed by atoms with Crippen LogP contribution >= 0.6 is 11.3 Å². The zero-order valence-corrected chi connectivity index (χ0v) is 16.4. The molecule has 144 valence electrons. The number of alkyl carbamates (subject to hydrolysis) is 1. The number of esters is 1. The molecule has 0 saturated carbocycles. The van der Waals surface area contributed by atoms with Crippen molar-refractivity contribution in [3.05, 3.63) is 52.4 Å². The fourth-order valence-corrected chi connectivity index (χ4v) is 2.88. The first-order valence-corrected chi connectivity index (χ1v) is 9.05. The van der Waals surface area contributed by atoms with Gasteiger partial charge in [-0.15, -0.1) is 11.3 Å². The molecule has 1 aromatic heterocycles. The predicted octanol–water partition coefficient (Wildman–Crippen LogP) is 3.81. The minimum Gasteiger partial charge on any atom is -0.465 e. The normalized spacial score (nSPS) is 10.8. The van der Waals surface area contributed by atoms with Crippen LogP contribution in [0.3, 0.4) is 0 Å². The molecule has 1 aromatic carbocycles. The van der Waals surface area contributed by atoms with Gasteiger partial charge in [0.1, 0.15) is 10.5 Å². The highest BCUT2D eigenvalue weighted by molar-refractivity contribution is 7.18. The van der Waals surface area contributed by atoms with Gasteiger partial charge in [-0.1, -0.05) is 12.1 Å². The van der Waals surface area contributed by atoms with Gasteiger partial charge in [0.05, 0.1) is 12.1 Å². The first kappa shape index (κ1) is 20.4. The average Bonchev–Trinajstić information content (AvgIpc) is 3.06. The quantitative estimate of drug-likeness (QED) is 0.757. The molecule has 0 saturated heterocycles. The van der Waals surface area contributed by atoms with Crippen molar-refractivity contribution in [1.29, 1.82) is 0 Å². The Hall–Kier alpha value is -2.87. The van der Waals surface area contributed by atoms with E-state index in [0.717, 1.165) is 16.9 Å². The van der Waals surface area contributed by atoms with Crippen molar-refractivity contribution < 1.29 is 23.9 Å². The van der Waals surface area contributed by atoms with Crippen LogP contribution in [0.4, 0.5) is 9.80 Å². The number of rotatable bonds is 5. The maximum absolute atomic E-state index is 12.3. The Morgan fingerprint density at radius 2 is 1.70 bits per heavy atom. The Morgan fingerprint density at radius 3 is 2.30 bits per heavy atom. The SMILES string of the molecule is COC(=O)c1ccc(NC(=O)c2ccc(CNC(=O)OC(C)(C)C)cc2)s1.